The van der Waals surface area contributed by atoms with Crippen LogP contribution in [0.3, 0.4) is 0 Å². The summed E-state index contributed by atoms with van der Waals surface area (Å²) in [4.78, 5) is 21.7. The fourth-order valence-corrected chi connectivity index (χ4v) is 1.38. The van der Waals surface area contributed by atoms with Crippen LogP contribution < -0.4 is 0 Å². The van der Waals surface area contributed by atoms with Gasteiger partial charge >= 0.3 is 11.9 Å². The summed E-state index contributed by atoms with van der Waals surface area (Å²) in [5.74, 6) is -1.44. The second-order valence-corrected chi connectivity index (χ2v) is 3.63. The summed E-state index contributed by atoms with van der Waals surface area (Å²) >= 11 is 5.72. The van der Waals surface area contributed by atoms with E-state index in [4.69, 9.17) is 16.7 Å². The van der Waals surface area contributed by atoms with Crippen LogP contribution in [0.25, 0.3) is 6.08 Å². The Hall–Kier alpha value is -1.81. The summed E-state index contributed by atoms with van der Waals surface area (Å²) in [7, 11) is 1.31. The van der Waals surface area contributed by atoms with Gasteiger partial charge in [-0.05, 0) is 17.7 Å². The monoisotopic (exact) mass is 254 g/mol. The molecule has 1 rings (SSSR count). The normalized spacial score (nSPS) is 10.5. The molecule has 0 saturated carbocycles. The van der Waals surface area contributed by atoms with Crippen LogP contribution in [0.5, 0.6) is 0 Å². The molecule has 0 saturated heterocycles. The zero-order valence-corrected chi connectivity index (χ0v) is 9.90. The Bertz CT molecular complexity index is 466. The lowest BCUT2D eigenvalue weighted by Crippen LogP contribution is -1.98. The molecule has 1 aromatic rings. The number of hydrogen-bond acceptors (Lipinski definition) is 3. The average molecular weight is 255 g/mol. The number of benzene rings is 1. The molecule has 0 fully saturated rings. The first-order chi connectivity index (χ1) is 8.04. The van der Waals surface area contributed by atoms with Crippen molar-refractivity contribution < 1.29 is 19.4 Å². The minimum absolute atomic E-state index is 0.0342. The van der Waals surface area contributed by atoms with Crippen LogP contribution in [-0.4, -0.2) is 24.2 Å². The van der Waals surface area contributed by atoms with E-state index < -0.39 is 5.97 Å². The number of esters is 1. The van der Waals surface area contributed by atoms with Crippen molar-refractivity contribution in [2.75, 3.05) is 7.11 Å². The van der Waals surface area contributed by atoms with Crippen molar-refractivity contribution in [2.45, 2.75) is 6.42 Å². The average Bonchev–Trinajstić information content (AvgIpc) is 2.30. The van der Waals surface area contributed by atoms with Crippen LogP contribution in [0.1, 0.15) is 22.3 Å². The number of carboxylic acids is 1. The molecular weight excluding hydrogens is 244 g/mol. The number of carbonyl (C=O) groups is 2. The lowest BCUT2D eigenvalue weighted by Gasteiger charge is -2.00. The molecule has 0 heterocycles. The number of carboxylic acid groups (broad SMARTS) is 1. The number of rotatable bonds is 4. The van der Waals surface area contributed by atoms with Crippen LogP contribution in [0.2, 0.25) is 5.02 Å². The Morgan fingerprint density at radius 3 is 2.76 bits per heavy atom. The molecule has 17 heavy (non-hydrogen) atoms. The predicted molar refractivity (Wildman–Crippen MR) is 64.1 cm³/mol. The standard InChI is InChI=1S/C12H11ClO4/c1-17-11(14)4-2-3-8-5-6-10(13)9(7-8)12(15)16/h2-3,5-7H,4H2,1H3,(H,15,16). The Kier molecular flexibility index (Phi) is 4.72. The van der Waals surface area contributed by atoms with Crippen LogP contribution in [0.15, 0.2) is 24.3 Å². The zero-order chi connectivity index (χ0) is 12.8. The van der Waals surface area contributed by atoms with E-state index >= 15 is 0 Å². The van der Waals surface area contributed by atoms with Crippen LogP contribution in [0, 0.1) is 0 Å². The molecule has 0 aromatic heterocycles. The van der Waals surface area contributed by atoms with Gasteiger partial charge in [-0.25, -0.2) is 4.79 Å². The molecule has 0 spiro atoms. The molecule has 1 N–H and O–H groups in total. The van der Waals surface area contributed by atoms with Crippen LogP contribution in [-0.2, 0) is 9.53 Å². The maximum Gasteiger partial charge on any atom is 0.337 e. The summed E-state index contributed by atoms with van der Waals surface area (Å²) < 4.78 is 4.46. The quantitative estimate of drug-likeness (QED) is 0.839. The van der Waals surface area contributed by atoms with Crippen molar-refractivity contribution in [3.05, 3.63) is 40.4 Å². The maximum absolute atomic E-state index is 10.8. The molecule has 0 atom stereocenters. The molecule has 0 radical (unpaired) electrons. The summed E-state index contributed by atoms with van der Waals surface area (Å²) in [6.45, 7) is 0. The molecule has 0 unspecified atom stereocenters. The highest BCUT2D eigenvalue weighted by molar-refractivity contribution is 6.33. The number of methoxy groups -OCH3 is 1. The topological polar surface area (TPSA) is 63.6 Å². The zero-order valence-electron chi connectivity index (χ0n) is 9.14. The van der Waals surface area contributed by atoms with E-state index in [1.807, 2.05) is 0 Å². The van der Waals surface area contributed by atoms with Gasteiger partial charge < -0.3 is 9.84 Å². The van der Waals surface area contributed by atoms with E-state index in [0.717, 1.165) is 0 Å². The van der Waals surface area contributed by atoms with Crippen LogP contribution in [0.4, 0.5) is 0 Å². The van der Waals surface area contributed by atoms with Crippen molar-refractivity contribution in [1.29, 1.82) is 0 Å². The number of aromatic carboxylic acids is 1. The molecule has 4 nitrogen and oxygen atoms in total. The van der Waals surface area contributed by atoms with E-state index in [1.165, 1.54) is 19.2 Å². The second kappa shape index (κ2) is 6.06. The first-order valence-corrected chi connectivity index (χ1v) is 5.18. The van der Waals surface area contributed by atoms with Gasteiger partial charge in [0.1, 0.15) is 0 Å². The predicted octanol–water partition coefficient (Wildman–Crippen LogP) is 2.61. The SMILES string of the molecule is COC(=O)CC=Cc1ccc(Cl)c(C(=O)O)c1. The molecule has 1 aromatic carbocycles. The highest BCUT2D eigenvalue weighted by atomic mass is 35.5. The molecule has 0 aliphatic heterocycles. The van der Waals surface area contributed by atoms with Gasteiger partial charge in [-0.15, -0.1) is 0 Å². The molecular formula is C12H11ClO4. The summed E-state index contributed by atoms with van der Waals surface area (Å²) in [6, 6.07) is 4.61. The van der Waals surface area contributed by atoms with Crippen molar-refractivity contribution in [1.82, 2.24) is 0 Å². The molecule has 0 aliphatic rings. The molecule has 5 heteroatoms. The number of ether oxygens (including phenoxy) is 1. The smallest absolute Gasteiger partial charge is 0.337 e. The third kappa shape index (κ3) is 3.92. The number of carbonyl (C=O) groups excluding carboxylic acids is 1. The van der Waals surface area contributed by atoms with Crippen molar-refractivity contribution in [3.8, 4) is 0 Å². The van der Waals surface area contributed by atoms with Gasteiger partial charge in [-0.1, -0.05) is 29.8 Å². The largest absolute Gasteiger partial charge is 0.478 e. The van der Waals surface area contributed by atoms with E-state index in [1.54, 1.807) is 18.2 Å². The summed E-state index contributed by atoms with van der Waals surface area (Å²) in [5.41, 5.74) is 0.697. The number of halogens is 1. The third-order valence-electron chi connectivity index (χ3n) is 2.04. The van der Waals surface area contributed by atoms with Crippen molar-refractivity contribution >= 4 is 29.6 Å². The molecule has 90 valence electrons. The van der Waals surface area contributed by atoms with Crippen molar-refractivity contribution in [2.24, 2.45) is 0 Å². The molecule has 0 amide bonds. The highest BCUT2D eigenvalue weighted by Gasteiger charge is 2.08. The number of hydrogen-bond donors (Lipinski definition) is 1. The van der Waals surface area contributed by atoms with Gasteiger partial charge in [0, 0.05) is 0 Å². The first-order valence-electron chi connectivity index (χ1n) is 4.81. The Morgan fingerprint density at radius 1 is 1.47 bits per heavy atom. The van der Waals surface area contributed by atoms with Crippen molar-refractivity contribution in [3.63, 3.8) is 0 Å². The second-order valence-electron chi connectivity index (χ2n) is 3.23. The molecule has 0 aliphatic carbocycles. The fraction of sp³-hybridized carbons (Fsp3) is 0.167. The lowest BCUT2D eigenvalue weighted by atomic mass is 10.1. The minimum Gasteiger partial charge on any atom is -0.478 e. The Morgan fingerprint density at radius 2 is 2.18 bits per heavy atom. The first kappa shape index (κ1) is 13.3. The van der Waals surface area contributed by atoms with Gasteiger partial charge in [0.25, 0.3) is 0 Å². The third-order valence-corrected chi connectivity index (χ3v) is 2.37. The lowest BCUT2D eigenvalue weighted by molar-refractivity contribution is -0.139. The Labute approximate surface area is 103 Å². The van der Waals surface area contributed by atoms with Gasteiger partial charge in [0.15, 0.2) is 0 Å². The van der Waals surface area contributed by atoms with Crippen LogP contribution >= 0.6 is 11.6 Å². The minimum atomic E-state index is -1.08. The maximum atomic E-state index is 10.8. The van der Waals surface area contributed by atoms with Gasteiger partial charge in [-0.3, -0.25) is 4.79 Å². The van der Waals surface area contributed by atoms with Gasteiger partial charge in [-0.2, -0.15) is 0 Å². The summed E-state index contributed by atoms with van der Waals surface area (Å²) in [5, 5.41) is 9.04. The highest BCUT2D eigenvalue weighted by Crippen LogP contribution is 2.18. The molecule has 0 bridgehead atoms. The van der Waals surface area contributed by atoms with Gasteiger partial charge in [0.2, 0.25) is 0 Å². The summed E-state index contributed by atoms with van der Waals surface area (Å²) in [6.07, 6.45) is 3.38. The fourth-order valence-electron chi connectivity index (χ4n) is 1.19. The van der Waals surface area contributed by atoms with E-state index in [9.17, 15) is 9.59 Å². The van der Waals surface area contributed by atoms with Gasteiger partial charge in [0.05, 0.1) is 24.1 Å². The van der Waals surface area contributed by atoms with E-state index in [-0.39, 0.29) is 23.0 Å². The van der Waals surface area contributed by atoms with E-state index in [2.05, 4.69) is 4.74 Å². The van der Waals surface area contributed by atoms with E-state index in [0.29, 0.717) is 5.56 Å². The Balaban J connectivity index is 2.82.